The van der Waals surface area contributed by atoms with E-state index < -0.39 is 26.4 Å². The van der Waals surface area contributed by atoms with E-state index in [9.17, 15) is 24.6 Å². The second-order valence-electron chi connectivity index (χ2n) is 7.85. The molecular weight excluding hydrogens is 498 g/mol. The van der Waals surface area contributed by atoms with Crippen LogP contribution < -0.4 is 8.37 Å². The van der Waals surface area contributed by atoms with Gasteiger partial charge in [0.05, 0.1) is 5.41 Å². The summed E-state index contributed by atoms with van der Waals surface area (Å²) < 4.78 is 80.6. The first-order valence-electron chi connectivity index (χ1n) is 10.3. The molecule has 4 aromatic carbocycles. The zero-order valence-corrected chi connectivity index (χ0v) is 19.4. The molecule has 0 heterocycles. The summed E-state index contributed by atoms with van der Waals surface area (Å²) in [6.07, 6.45) is 0. The highest BCUT2D eigenvalue weighted by Crippen LogP contribution is 2.57. The fourth-order valence-corrected chi connectivity index (χ4v) is 5.45. The molecule has 0 saturated heterocycles. The van der Waals surface area contributed by atoms with Gasteiger partial charge in [-0.3, -0.25) is 0 Å². The van der Waals surface area contributed by atoms with Gasteiger partial charge in [0.1, 0.15) is 11.5 Å². The summed E-state index contributed by atoms with van der Waals surface area (Å²) in [5.74, 6) is -0.476. The van der Waals surface area contributed by atoms with E-state index in [4.69, 9.17) is 0 Å². The average molecular weight is 515 g/mol. The molecule has 0 N–H and O–H groups in total. The third kappa shape index (κ3) is 4.15. The fraction of sp³-hybridized carbons (Fsp3) is 0.0400. The minimum absolute atomic E-state index is 0.238. The minimum atomic E-state index is -5.28. The summed E-state index contributed by atoms with van der Waals surface area (Å²) in [7, 11) is -10.6. The maximum Gasteiger partial charge on any atom is 0.488 e. The quantitative estimate of drug-likeness (QED) is 0.288. The maximum atomic E-state index is 13.4. The molecule has 4 aromatic rings. The Morgan fingerprint density at radius 3 is 1.26 bits per heavy atom. The van der Waals surface area contributed by atoms with Crippen LogP contribution in [-0.4, -0.2) is 16.8 Å². The molecule has 0 fully saturated rings. The maximum absolute atomic E-state index is 13.4. The van der Waals surface area contributed by atoms with E-state index in [0.29, 0.717) is 22.3 Å². The van der Waals surface area contributed by atoms with Crippen LogP contribution in [0, 0.1) is 0 Å². The van der Waals surface area contributed by atoms with Crippen LogP contribution in [0.2, 0.25) is 0 Å². The third-order valence-electron chi connectivity index (χ3n) is 5.89. The molecule has 5 rings (SSSR count). The first-order chi connectivity index (χ1) is 16.6. The molecule has 0 aliphatic heterocycles. The highest BCUT2D eigenvalue weighted by atomic mass is 32.3. The van der Waals surface area contributed by atoms with Crippen molar-refractivity contribution < 1.29 is 33.0 Å². The van der Waals surface area contributed by atoms with Crippen molar-refractivity contribution >= 4 is 21.0 Å². The fourth-order valence-electron chi connectivity index (χ4n) is 4.78. The Morgan fingerprint density at radius 2 is 0.914 bits per heavy atom. The lowest BCUT2D eigenvalue weighted by Gasteiger charge is -2.34. The number of hydrogen-bond acceptors (Lipinski definition) is 6. The number of benzene rings is 4. The van der Waals surface area contributed by atoms with E-state index in [-0.39, 0.29) is 11.5 Å². The van der Waals surface area contributed by atoms with Crippen molar-refractivity contribution in [2.24, 2.45) is 0 Å². The Hall–Kier alpha value is -3.76. The highest BCUT2D eigenvalue weighted by molar-refractivity contribution is 7.82. The zero-order valence-electron chi connectivity index (χ0n) is 17.8. The van der Waals surface area contributed by atoms with Crippen LogP contribution in [0.15, 0.2) is 97.1 Å². The van der Waals surface area contributed by atoms with E-state index in [2.05, 4.69) is 8.37 Å². The van der Waals surface area contributed by atoms with Gasteiger partial charge in [-0.25, -0.2) is 0 Å². The Balaban J connectivity index is 1.89. The van der Waals surface area contributed by atoms with Gasteiger partial charge in [0, 0.05) is 0 Å². The molecular formula is C25H16F2O6S2. The van der Waals surface area contributed by atoms with Crippen molar-refractivity contribution in [3.8, 4) is 22.6 Å². The minimum Gasteiger partial charge on any atom is -0.358 e. The van der Waals surface area contributed by atoms with Crippen LogP contribution in [0.4, 0.5) is 7.77 Å². The van der Waals surface area contributed by atoms with Crippen molar-refractivity contribution in [2.75, 3.05) is 0 Å². The van der Waals surface area contributed by atoms with Crippen molar-refractivity contribution in [3.63, 3.8) is 0 Å². The van der Waals surface area contributed by atoms with Crippen molar-refractivity contribution in [3.05, 3.63) is 119 Å². The van der Waals surface area contributed by atoms with Gasteiger partial charge in [0.2, 0.25) is 0 Å². The molecule has 178 valence electrons. The lowest BCUT2D eigenvalue weighted by atomic mass is 9.67. The van der Waals surface area contributed by atoms with Gasteiger partial charge in [-0.05, 0) is 57.6 Å². The van der Waals surface area contributed by atoms with Gasteiger partial charge in [0.25, 0.3) is 0 Å². The van der Waals surface area contributed by atoms with Crippen molar-refractivity contribution in [1.82, 2.24) is 0 Å². The summed E-state index contributed by atoms with van der Waals surface area (Å²) in [5, 5.41) is 0. The predicted octanol–water partition coefficient (Wildman–Crippen LogP) is 5.24. The van der Waals surface area contributed by atoms with Crippen LogP contribution in [0.25, 0.3) is 11.1 Å². The summed E-state index contributed by atoms with van der Waals surface area (Å²) in [6, 6.07) is 27.0. The van der Waals surface area contributed by atoms with Gasteiger partial charge in [-0.2, -0.15) is 16.8 Å². The molecule has 0 saturated carbocycles. The molecule has 0 unspecified atom stereocenters. The van der Waals surface area contributed by atoms with Crippen LogP contribution in [0.3, 0.4) is 0 Å². The predicted molar refractivity (Wildman–Crippen MR) is 125 cm³/mol. The van der Waals surface area contributed by atoms with Gasteiger partial charge < -0.3 is 8.37 Å². The molecule has 0 bridgehead atoms. The molecule has 0 radical (unpaired) electrons. The van der Waals surface area contributed by atoms with E-state index in [1.807, 2.05) is 60.7 Å². The topological polar surface area (TPSA) is 86.7 Å². The van der Waals surface area contributed by atoms with Crippen LogP contribution in [0.1, 0.15) is 22.3 Å². The van der Waals surface area contributed by atoms with Gasteiger partial charge in [-0.1, -0.05) is 80.6 Å². The molecule has 0 aromatic heterocycles. The molecule has 0 amide bonds. The smallest absolute Gasteiger partial charge is 0.358 e. The van der Waals surface area contributed by atoms with Crippen LogP contribution >= 0.6 is 0 Å². The number of fused-ring (bicyclic) bond motifs is 3. The average Bonchev–Trinajstić information content (AvgIpc) is 3.08. The number of halogens is 2. The lowest BCUT2D eigenvalue weighted by molar-refractivity contribution is 0.438. The molecule has 10 heteroatoms. The highest BCUT2D eigenvalue weighted by Gasteiger charge is 2.46. The first kappa shape index (κ1) is 23.0. The molecule has 1 aliphatic carbocycles. The largest absolute Gasteiger partial charge is 0.488 e. The second kappa shape index (κ2) is 8.17. The lowest BCUT2D eigenvalue weighted by Crippen LogP contribution is -2.28. The monoisotopic (exact) mass is 514 g/mol. The van der Waals surface area contributed by atoms with Gasteiger partial charge in [0.15, 0.2) is 0 Å². The Labute approximate surface area is 201 Å². The summed E-state index contributed by atoms with van der Waals surface area (Å²) in [5.41, 5.74) is 2.83. The zero-order chi connectivity index (χ0) is 24.8. The van der Waals surface area contributed by atoms with E-state index >= 15 is 0 Å². The van der Waals surface area contributed by atoms with Gasteiger partial charge in [-0.15, -0.1) is 0 Å². The Kier molecular flexibility index (Phi) is 5.37. The molecule has 1 aliphatic rings. The van der Waals surface area contributed by atoms with Crippen LogP contribution in [-0.2, 0) is 26.4 Å². The van der Waals surface area contributed by atoms with E-state index in [1.165, 1.54) is 24.3 Å². The standard InChI is InChI=1S/C25H16F2O6S2/c26-34(28,29)32-19-11-13-21-22-14-12-20(33-35(27,30)31)16-24(22)25(23(21)15-19,17-7-3-1-4-8-17)18-9-5-2-6-10-18/h1-16H. The summed E-state index contributed by atoms with van der Waals surface area (Å²) in [4.78, 5) is 0. The summed E-state index contributed by atoms with van der Waals surface area (Å²) >= 11 is 0. The Morgan fingerprint density at radius 1 is 0.543 bits per heavy atom. The Bertz CT molecular complexity index is 1510. The molecule has 0 spiro atoms. The molecule has 0 atom stereocenters. The second-order valence-corrected chi connectivity index (χ2v) is 9.76. The van der Waals surface area contributed by atoms with E-state index in [0.717, 1.165) is 11.1 Å². The van der Waals surface area contributed by atoms with Gasteiger partial charge >= 0.3 is 21.0 Å². The van der Waals surface area contributed by atoms with Crippen molar-refractivity contribution in [2.45, 2.75) is 5.41 Å². The van der Waals surface area contributed by atoms with E-state index in [1.54, 1.807) is 12.1 Å². The summed E-state index contributed by atoms with van der Waals surface area (Å²) in [6.45, 7) is 0. The third-order valence-corrected chi connectivity index (χ3v) is 6.67. The molecule has 6 nitrogen and oxygen atoms in total. The number of hydrogen-bond donors (Lipinski definition) is 0. The van der Waals surface area contributed by atoms with Crippen LogP contribution in [0.5, 0.6) is 11.5 Å². The van der Waals surface area contributed by atoms with Crippen molar-refractivity contribution in [1.29, 1.82) is 0 Å². The molecule has 35 heavy (non-hydrogen) atoms. The SMILES string of the molecule is O=S(=O)(F)Oc1ccc2c(c1)C(c1ccccc1)(c1ccccc1)c1cc(OS(=O)(=O)F)ccc1-2. The number of rotatable bonds is 6. The normalized spacial score (nSPS) is 14.1. The first-order valence-corrected chi connectivity index (χ1v) is 12.9.